The number of aromatic nitrogens is 3. The zero-order valence-corrected chi connectivity index (χ0v) is 37.4. The molecule has 3 aromatic heterocycles. The van der Waals surface area contributed by atoms with Crippen molar-refractivity contribution in [1.29, 1.82) is 0 Å². The Bertz CT molecular complexity index is 2420. The summed E-state index contributed by atoms with van der Waals surface area (Å²) in [6, 6.07) is 7.87. The smallest absolute Gasteiger partial charge is 0.390 e. The van der Waals surface area contributed by atoms with E-state index in [0.29, 0.717) is 42.2 Å². The van der Waals surface area contributed by atoms with Crippen LogP contribution in [0.25, 0.3) is 33.4 Å². The van der Waals surface area contributed by atoms with E-state index in [4.69, 9.17) is 24.2 Å². The van der Waals surface area contributed by atoms with Crippen LogP contribution in [0.2, 0.25) is 0 Å². The molecule has 0 spiro atoms. The molecule has 4 aromatic rings. The second-order valence-electron chi connectivity index (χ2n) is 17.4. The Kier molecular flexibility index (Phi) is 12.5. The molecule has 1 aromatic carbocycles. The molecule has 14 nitrogen and oxygen atoms in total. The van der Waals surface area contributed by atoms with Crippen LogP contribution in [0.5, 0.6) is 0 Å². The highest BCUT2D eigenvalue weighted by Crippen LogP contribution is 2.47. The molecular formula is C44H57N6O8S2+. The molecule has 7 rings (SSSR count). The molecule has 2 amide bonds. The van der Waals surface area contributed by atoms with Gasteiger partial charge in [-0.3, -0.25) is 19.6 Å². The number of thiazole rings is 1. The Balaban J connectivity index is 1.44. The fourth-order valence-electron chi connectivity index (χ4n) is 8.68. The van der Waals surface area contributed by atoms with E-state index >= 15 is 0 Å². The number of nitrogens with one attached hydrogen (secondary N) is 1. The summed E-state index contributed by atoms with van der Waals surface area (Å²) in [6.07, 6.45) is 3.05. The molecule has 5 heterocycles. The number of nitrogens with zero attached hydrogens (tertiary/aromatic N) is 5. The third-order valence-corrected chi connectivity index (χ3v) is 14.2. The fourth-order valence-corrected chi connectivity index (χ4v) is 10.1. The van der Waals surface area contributed by atoms with Gasteiger partial charge in [0, 0.05) is 72.1 Å². The lowest BCUT2D eigenvalue weighted by Crippen LogP contribution is -2.60. The van der Waals surface area contributed by atoms with Crippen molar-refractivity contribution in [3.05, 3.63) is 58.2 Å². The number of pyridine rings is 1. The van der Waals surface area contributed by atoms with Crippen molar-refractivity contribution in [2.45, 2.75) is 91.6 Å². The van der Waals surface area contributed by atoms with E-state index in [1.54, 1.807) is 13.3 Å². The van der Waals surface area contributed by atoms with Crippen molar-refractivity contribution in [3.8, 4) is 22.5 Å². The minimum atomic E-state index is -3.36. The number of esters is 1. The van der Waals surface area contributed by atoms with Crippen molar-refractivity contribution in [2.75, 3.05) is 38.9 Å². The summed E-state index contributed by atoms with van der Waals surface area (Å²) in [6.45, 7) is 16.8. The number of methoxy groups -OCH3 is 1. The van der Waals surface area contributed by atoms with Crippen LogP contribution in [0.15, 0.2) is 41.9 Å². The van der Waals surface area contributed by atoms with E-state index in [2.05, 4.69) is 22.8 Å². The molecule has 6 bridgehead atoms. The number of cyclic esters (lactones) is 1. The monoisotopic (exact) mass is 861 g/mol. The number of fused-ring (bicyclic) bond motifs is 6. The highest BCUT2D eigenvalue weighted by Gasteiger charge is 2.57. The van der Waals surface area contributed by atoms with E-state index in [1.807, 2.05) is 71.2 Å². The highest BCUT2D eigenvalue weighted by atomic mass is 32.2. The van der Waals surface area contributed by atoms with Gasteiger partial charge in [-0.05, 0) is 74.8 Å². The maximum absolute atomic E-state index is 14.7. The normalized spacial score (nSPS) is 25.1. The van der Waals surface area contributed by atoms with E-state index in [0.717, 1.165) is 33.3 Å². The third kappa shape index (κ3) is 8.71. The van der Waals surface area contributed by atoms with Crippen molar-refractivity contribution in [3.63, 3.8) is 0 Å². The fraction of sp³-hybridized carbons (Fsp3) is 0.545. The Labute approximate surface area is 356 Å². The first-order valence-corrected chi connectivity index (χ1v) is 23.6. The summed E-state index contributed by atoms with van der Waals surface area (Å²) in [5.74, 6) is -1.23. The number of hydrazine groups is 1. The summed E-state index contributed by atoms with van der Waals surface area (Å²) in [7, 11) is -1.74. The van der Waals surface area contributed by atoms with Gasteiger partial charge in [0.05, 0.1) is 41.5 Å². The molecule has 60 heavy (non-hydrogen) atoms. The molecule has 2 aliphatic heterocycles. The van der Waals surface area contributed by atoms with Crippen molar-refractivity contribution in [2.24, 2.45) is 23.2 Å². The average Bonchev–Trinajstić information content (AvgIpc) is 3.50. The Morgan fingerprint density at radius 3 is 2.63 bits per heavy atom. The van der Waals surface area contributed by atoms with Crippen molar-refractivity contribution >= 4 is 56.6 Å². The lowest BCUT2D eigenvalue weighted by atomic mass is 9.84. The van der Waals surface area contributed by atoms with Crippen LogP contribution >= 0.6 is 11.3 Å². The zero-order chi connectivity index (χ0) is 43.3. The summed E-state index contributed by atoms with van der Waals surface area (Å²) in [5, 5.41) is 4.72. The summed E-state index contributed by atoms with van der Waals surface area (Å²) in [4.78, 5) is 52.5. The van der Waals surface area contributed by atoms with Gasteiger partial charge in [0.15, 0.2) is 6.10 Å². The first-order chi connectivity index (χ1) is 28.4. The first-order valence-electron chi connectivity index (χ1n) is 20.7. The molecule has 7 atom stereocenters. The molecule has 1 unspecified atom stereocenters. The third-order valence-electron chi connectivity index (χ3n) is 12.4. The average molecular weight is 862 g/mol. The second kappa shape index (κ2) is 17.2. The van der Waals surface area contributed by atoms with E-state index in [1.165, 1.54) is 27.2 Å². The number of carbonyl (C=O) groups is 3. The van der Waals surface area contributed by atoms with Crippen LogP contribution in [-0.4, -0.2) is 108 Å². The Morgan fingerprint density at radius 1 is 1.20 bits per heavy atom. The van der Waals surface area contributed by atoms with Gasteiger partial charge in [-0.2, -0.15) is 4.58 Å². The van der Waals surface area contributed by atoms with Gasteiger partial charge < -0.3 is 18.8 Å². The maximum atomic E-state index is 14.7. The van der Waals surface area contributed by atoms with Gasteiger partial charge in [-0.1, -0.05) is 33.8 Å². The SMILES string of the molecule is C=[N+](C(=O)C1[C@@H](C)[C@H]1C)[C@@H]1C(=O)N2CCC[C@H](N2)C(=O)OCC(C)(C)Cc2c(-c3cccnc3[C@H](C)OC)n(CCS(C)(=O)=O)c3ccc(cc23)-c2csc(n2)[C@H]1OCC. The molecule has 16 heteroatoms. The number of aryl methyl sites for hydroxylation is 1. The van der Waals surface area contributed by atoms with Gasteiger partial charge in [-0.25, -0.2) is 23.6 Å². The quantitative estimate of drug-likeness (QED) is 0.117. The highest BCUT2D eigenvalue weighted by molar-refractivity contribution is 7.90. The predicted molar refractivity (Wildman–Crippen MR) is 230 cm³/mol. The standard InChI is InChI=1S/C44H57N6O8S2/c1-10-57-39-38(48(7)41(51)35-25(2)26(35)3)42(52)50-18-12-14-32(47-50)43(53)58-24-44(5,6)22-31-30-21-28(33-23-59-40(39)46-33)15-16-34(30)49(19-20-60(9,54)55)37(31)29-13-11-17-45-36(29)27(4)56-8/h11,13,15-17,21,23,25-27,32,35,38-39,47H,7,10,12,14,18-20,22,24H2,1-6,8-9H3/q+1/t25-,26+,27-,32-,35?,38-,39-/m0/s1. The number of amides is 2. The van der Waals surface area contributed by atoms with E-state index in [-0.39, 0.29) is 55.3 Å². The minimum Gasteiger partial charge on any atom is -0.464 e. The van der Waals surface area contributed by atoms with Gasteiger partial charge in [0.2, 0.25) is 0 Å². The second-order valence-corrected chi connectivity index (χ2v) is 20.5. The molecule has 322 valence electrons. The number of sulfone groups is 1. The van der Waals surface area contributed by atoms with Crippen LogP contribution in [-0.2, 0) is 51.4 Å². The largest absolute Gasteiger partial charge is 0.464 e. The topological polar surface area (TPSA) is 162 Å². The van der Waals surface area contributed by atoms with Crippen molar-refractivity contribution < 1.29 is 41.6 Å². The zero-order valence-electron chi connectivity index (χ0n) is 35.8. The molecule has 1 saturated heterocycles. The first kappa shape index (κ1) is 43.7. The lowest BCUT2D eigenvalue weighted by Gasteiger charge is -2.35. The molecule has 2 fully saturated rings. The van der Waals surface area contributed by atoms with Crippen LogP contribution in [0.1, 0.15) is 82.9 Å². The number of ether oxygens (including phenoxy) is 3. The summed E-state index contributed by atoms with van der Waals surface area (Å²) in [5.41, 5.74) is 8.05. The maximum Gasteiger partial charge on any atom is 0.390 e. The Morgan fingerprint density at radius 2 is 1.95 bits per heavy atom. The molecule has 1 N–H and O–H groups in total. The number of benzene rings is 1. The molecule has 1 saturated carbocycles. The van der Waals surface area contributed by atoms with Crippen molar-refractivity contribution in [1.82, 2.24) is 25.0 Å². The summed E-state index contributed by atoms with van der Waals surface area (Å²) >= 11 is 1.34. The molecule has 0 radical (unpaired) electrons. The van der Waals surface area contributed by atoms with Gasteiger partial charge >= 0.3 is 17.8 Å². The minimum absolute atomic E-state index is 0.0604. The van der Waals surface area contributed by atoms with Crippen LogP contribution in [0.3, 0.4) is 0 Å². The van der Waals surface area contributed by atoms with Crippen LogP contribution in [0, 0.1) is 23.2 Å². The number of rotatable bonds is 10. The molecule has 1 aliphatic carbocycles. The number of carbonyl (C=O) groups excluding carboxylic acids is 3. The van der Waals surface area contributed by atoms with E-state index in [9.17, 15) is 22.8 Å². The van der Waals surface area contributed by atoms with Crippen LogP contribution in [0.4, 0.5) is 0 Å². The Hall–Kier alpha value is -4.35. The lowest BCUT2D eigenvalue weighted by molar-refractivity contribution is -0.486. The summed E-state index contributed by atoms with van der Waals surface area (Å²) < 4.78 is 47.0. The van der Waals surface area contributed by atoms with E-state index < -0.39 is 45.3 Å². The van der Waals surface area contributed by atoms with Gasteiger partial charge in [0.1, 0.15) is 27.6 Å². The van der Waals surface area contributed by atoms with Crippen LogP contribution < -0.4 is 5.43 Å². The molecular weight excluding hydrogens is 805 g/mol. The predicted octanol–water partition coefficient (Wildman–Crippen LogP) is 5.79. The number of hydrogen-bond acceptors (Lipinski definition) is 12. The molecule has 3 aliphatic rings. The number of hydrogen-bond donors (Lipinski definition) is 1. The van der Waals surface area contributed by atoms with Gasteiger partial charge in [0.25, 0.3) is 6.04 Å². The van der Waals surface area contributed by atoms with Gasteiger partial charge in [-0.15, -0.1) is 11.3 Å².